The fourth-order valence-corrected chi connectivity index (χ4v) is 3.04. The van der Waals surface area contributed by atoms with E-state index in [4.69, 9.17) is 17.3 Å². The molecule has 0 aromatic heterocycles. The molecule has 1 aliphatic carbocycles. The fraction of sp³-hybridized carbons (Fsp3) is 0.538. The average molecular weight is 276 g/mol. The first-order valence-corrected chi connectivity index (χ1v) is 6.46. The molecule has 1 aromatic carbocycles. The highest BCUT2D eigenvalue weighted by atomic mass is 35.5. The Hall–Kier alpha value is -0.870. The van der Waals surface area contributed by atoms with Gasteiger partial charge in [0, 0.05) is 17.5 Å². The molecule has 0 amide bonds. The average Bonchev–Trinajstić information content (AvgIpc) is 2.38. The number of benzene rings is 1. The zero-order valence-electron chi connectivity index (χ0n) is 9.98. The minimum Gasteiger partial charge on any atom is -0.506 e. The van der Waals surface area contributed by atoms with E-state index in [9.17, 15) is 13.9 Å². The quantitative estimate of drug-likeness (QED) is 0.812. The van der Waals surface area contributed by atoms with Gasteiger partial charge in [-0.1, -0.05) is 30.9 Å². The van der Waals surface area contributed by atoms with E-state index in [1.165, 1.54) is 0 Å². The molecule has 0 saturated heterocycles. The van der Waals surface area contributed by atoms with Gasteiger partial charge in [0.1, 0.15) is 5.75 Å². The number of phenols is 1. The molecule has 2 nitrogen and oxygen atoms in total. The topological polar surface area (TPSA) is 46.2 Å². The van der Waals surface area contributed by atoms with Crippen molar-refractivity contribution in [3.8, 4) is 5.75 Å². The van der Waals surface area contributed by atoms with E-state index < -0.39 is 17.0 Å². The van der Waals surface area contributed by atoms with Gasteiger partial charge < -0.3 is 10.8 Å². The second kappa shape index (κ2) is 5.02. The molecule has 18 heavy (non-hydrogen) atoms. The van der Waals surface area contributed by atoms with Crippen molar-refractivity contribution in [1.82, 2.24) is 0 Å². The predicted octanol–water partition coefficient (Wildman–Crippen LogP) is 3.48. The molecule has 1 saturated carbocycles. The van der Waals surface area contributed by atoms with Crippen molar-refractivity contribution < 1.29 is 13.9 Å². The Bertz CT molecular complexity index is 433. The molecule has 100 valence electrons. The van der Waals surface area contributed by atoms with Gasteiger partial charge in [0.05, 0.1) is 5.02 Å². The molecular formula is C13H16ClF2NO. The summed E-state index contributed by atoms with van der Waals surface area (Å²) in [6.07, 6.45) is 4.13. The monoisotopic (exact) mass is 275 g/mol. The van der Waals surface area contributed by atoms with E-state index in [0.29, 0.717) is 12.8 Å². The van der Waals surface area contributed by atoms with Gasteiger partial charge in [-0.3, -0.25) is 0 Å². The van der Waals surface area contributed by atoms with E-state index in [0.717, 1.165) is 25.3 Å². The Labute approximate surface area is 110 Å². The molecular weight excluding hydrogens is 260 g/mol. The number of rotatable bonds is 2. The summed E-state index contributed by atoms with van der Waals surface area (Å²) in [6, 6.07) is 0.794. The van der Waals surface area contributed by atoms with Crippen molar-refractivity contribution in [3.63, 3.8) is 0 Å². The third-order valence-corrected chi connectivity index (χ3v) is 4.17. The standard InChI is InChI=1S/C13H16ClF2NO/c14-8-6-9(15)11(16)10(12(8)18)13(7-17)4-2-1-3-5-13/h6,18H,1-5,7,17H2. The zero-order chi connectivity index (χ0) is 13.3. The summed E-state index contributed by atoms with van der Waals surface area (Å²) in [5.74, 6) is -2.43. The Balaban J connectivity index is 2.61. The van der Waals surface area contributed by atoms with Gasteiger partial charge in [0.2, 0.25) is 0 Å². The van der Waals surface area contributed by atoms with Crippen LogP contribution in [0, 0.1) is 11.6 Å². The van der Waals surface area contributed by atoms with Crippen molar-refractivity contribution >= 4 is 11.6 Å². The maximum Gasteiger partial charge on any atom is 0.166 e. The van der Waals surface area contributed by atoms with Gasteiger partial charge in [-0.05, 0) is 18.9 Å². The number of hydrogen-bond donors (Lipinski definition) is 2. The molecule has 1 aromatic rings. The first-order chi connectivity index (χ1) is 8.52. The minimum absolute atomic E-state index is 0.0466. The molecule has 0 spiro atoms. The first-order valence-electron chi connectivity index (χ1n) is 6.09. The first kappa shape index (κ1) is 13.6. The van der Waals surface area contributed by atoms with E-state index in [-0.39, 0.29) is 22.9 Å². The van der Waals surface area contributed by atoms with E-state index in [2.05, 4.69) is 0 Å². The summed E-state index contributed by atoms with van der Waals surface area (Å²) < 4.78 is 27.5. The third kappa shape index (κ3) is 2.08. The second-order valence-corrected chi connectivity index (χ2v) is 5.33. The van der Waals surface area contributed by atoms with Crippen LogP contribution in [0.2, 0.25) is 5.02 Å². The highest BCUT2D eigenvalue weighted by molar-refractivity contribution is 6.32. The molecule has 0 bridgehead atoms. The molecule has 2 rings (SSSR count). The molecule has 0 unspecified atom stereocenters. The van der Waals surface area contributed by atoms with Gasteiger partial charge in [-0.25, -0.2) is 8.78 Å². The van der Waals surface area contributed by atoms with E-state index >= 15 is 0 Å². The van der Waals surface area contributed by atoms with Crippen LogP contribution in [0.5, 0.6) is 5.75 Å². The molecule has 1 fully saturated rings. The molecule has 3 N–H and O–H groups in total. The van der Waals surface area contributed by atoms with Crippen LogP contribution < -0.4 is 5.73 Å². The SMILES string of the molecule is NCC1(c2c(O)c(Cl)cc(F)c2F)CCCCC1. The van der Waals surface area contributed by atoms with Crippen molar-refractivity contribution in [3.05, 3.63) is 28.3 Å². The van der Waals surface area contributed by atoms with Gasteiger partial charge >= 0.3 is 0 Å². The largest absolute Gasteiger partial charge is 0.506 e. The van der Waals surface area contributed by atoms with Gasteiger partial charge in [-0.15, -0.1) is 0 Å². The summed E-state index contributed by atoms with van der Waals surface area (Å²) in [6.45, 7) is 0.178. The van der Waals surface area contributed by atoms with Crippen LogP contribution in [0.3, 0.4) is 0 Å². The molecule has 0 heterocycles. The highest BCUT2D eigenvalue weighted by Gasteiger charge is 2.39. The minimum atomic E-state index is -1.04. The maximum absolute atomic E-state index is 14.0. The lowest BCUT2D eigenvalue weighted by atomic mass is 9.69. The molecule has 0 radical (unpaired) electrons. The van der Waals surface area contributed by atoms with Crippen LogP contribution in [0.1, 0.15) is 37.7 Å². The van der Waals surface area contributed by atoms with Crippen LogP contribution in [-0.4, -0.2) is 11.7 Å². The lowest BCUT2D eigenvalue weighted by Crippen LogP contribution is -2.38. The predicted molar refractivity (Wildman–Crippen MR) is 66.9 cm³/mol. The van der Waals surface area contributed by atoms with Crippen LogP contribution in [-0.2, 0) is 5.41 Å². The summed E-state index contributed by atoms with van der Waals surface area (Å²) in [5, 5.41) is 9.79. The smallest absolute Gasteiger partial charge is 0.166 e. The lowest BCUT2D eigenvalue weighted by molar-refractivity contribution is 0.277. The Morgan fingerprint density at radius 3 is 2.44 bits per heavy atom. The Morgan fingerprint density at radius 1 is 1.28 bits per heavy atom. The van der Waals surface area contributed by atoms with Crippen LogP contribution >= 0.6 is 11.6 Å². The number of halogens is 3. The Morgan fingerprint density at radius 2 is 1.89 bits per heavy atom. The third-order valence-electron chi connectivity index (χ3n) is 3.88. The number of nitrogens with two attached hydrogens (primary N) is 1. The number of aromatic hydroxyl groups is 1. The van der Waals surface area contributed by atoms with E-state index in [1.807, 2.05) is 0 Å². The van der Waals surface area contributed by atoms with Crippen LogP contribution in [0.15, 0.2) is 6.07 Å². The summed E-state index contributed by atoms with van der Waals surface area (Å²) in [7, 11) is 0. The van der Waals surface area contributed by atoms with Crippen molar-refractivity contribution in [2.75, 3.05) is 6.54 Å². The summed E-state index contributed by atoms with van der Waals surface area (Å²) in [5.41, 5.74) is 5.02. The lowest BCUT2D eigenvalue weighted by Gasteiger charge is -2.37. The van der Waals surface area contributed by atoms with Gasteiger partial charge in [0.25, 0.3) is 0 Å². The van der Waals surface area contributed by atoms with Crippen LogP contribution in [0.4, 0.5) is 8.78 Å². The summed E-state index contributed by atoms with van der Waals surface area (Å²) >= 11 is 5.73. The highest BCUT2D eigenvalue weighted by Crippen LogP contribution is 2.46. The van der Waals surface area contributed by atoms with Crippen molar-refractivity contribution in [2.45, 2.75) is 37.5 Å². The second-order valence-electron chi connectivity index (χ2n) is 4.92. The van der Waals surface area contributed by atoms with Gasteiger partial charge in [-0.2, -0.15) is 0 Å². The van der Waals surface area contributed by atoms with Gasteiger partial charge in [0.15, 0.2) is 11.6 Å². The van der Waals surface area contributed by atoms with Crippen molar-refractivity contribution in [2.24, 2.45) is 5.73 Å². The Kier molecular flexibility index (Phi) is 3.78. The zero-order valence-corrected chi connectivity index (χ0v) is 10.7. The molecule has 0 atom stereocenters. The van der Waals surface area contributed by atoms with Crippen LogP contribution in [0.25, 0.3) is 0 Å². The fourth-order valence-electron chi connectivity index (χ4n) is 2.85. The number of phenolic OH excluding ortho intramolecular Hbond substituents is 1. The molecule has 0 aliphatic heterocycles. The molecule has 5 heteroatoms. The normalized spacial score (nSPS) is 18.9. The summed E-state index contributed by atoms with van der Waals surface area (Å²) in [4.78, 5) is 0. The molecule has 1 aliphatic rings. The number of hydrogen-bond acceptors (Lipinski definition) is 2. The van der Waals surface area contributed by atoms with E-state index in [1.54, 1.807) is 0 Å². The van der Waals surface area contributed by atoms with Crippen molar-refractivity contribution in [1.29, 1.82) is 0 Å². The maximum atomic E-state index is 14.0.